The van der Waals surface area contributed by atoms with Crippen LogP contribution < -0.4 is 4.74 Å². The van der Waals surface area contributed by atoms with Crippen molar-refractivity contribution in [3.63, 3.8) is 0 Å². The first-order chi connectivity index (χ1) is 7.26. The minimum absolute atomic E-state index is 0.556. The maximum absolute atomic E-state index is 5.47. The molecule has 0 unspecified atom stereocenters. The van der Waals surface area contributed by atoms with Gasteiger partial charge in [0.1, 0.15) is 5.75 Å². The molecule has 0 saturated heterocycles. The summed E-state index contributed by atoms with van der Waals surface area (Å²) in [7, 11) is 1.66. The van der Waals surface area contributed by atoms with Crippen LogP contribution in [0.2, 0.25) is 0 Å². The molecule has 0 spiro atoms. The van der Waals surface area contributed by atoms with Crippen molar-refractivity contribution in [1.29, 1.82) is 0 Å². The van der Waals surface area contributed by atoms with Crippen molar-refractivity contribution in [2.24, 2.45) is 0 Å². The summed E-state index contributed by atoms with van der Waals surface area (Å²) >= 11 is 4.11. The summed E-state index contributed by atoms with van der Waals surface area (Å²) in [5.74, 6) is 1.52. The molecule has 0 amide bonds. The molecule has 0 aliphatic rings. The van der Waals surface area contributed by atoms with Gasteiger partial charge >= 0.3 is 0 Å². The number of hydrogen-bond donors (Lipinski definition) is 1. The molecule has 0 saturated carbocycles. The van der Waals surface area contributed by atoms with E-state index >= 15 is 0 Å². The van der Waals surface area contributed by atoms with Gasteiger partial charge in [0.15, 0.2) is 0 Å². The first-order valence-electron chi connectivity index (χ1n) is 4.74. The lowest BCUT2D eigenvalue weighted by molar-refractivity contribution is 0.143. The van der Waals surface area contributed by atoms with Crippen molar-refractivity contribution in [3.8, 4) is 5.75 Å². The molecule has 0 heterocycles. The van der Waals surface area contributed by atoms with Gasteiger partial charge in [-0.25, -0.2) is 0 Å². The van der Waals surface area contributed by atoms with Crippen molar-refractivity contribution in [2.75, 3.05) is 19.5 Å². The van der Waals surface area contributed by atoms with E-state index in [2.05, 4.69) is 19.2 Å². The maximum atomic E-state index is 5.47. The van der Waals surface area contributed by atoms with E-state index in [0.29, 0.717) is 19.0 Å². The molecule has 0 N–H and O–H groups in total. The highest BCUT2D eigenvalue weighted by molar-refractivity contribution is 7.80. The largest absolute Gasteiger partial charge is 0.497 e. The Morgan fingerprint density at radius 3 is 2.93 bits per heavy atom. The predicted molar refractivity (Wildman–Crippen MR) is 65.6 cm³/mol. The second-order valence-electron chi connectivity index (χ2n) is 3.25. The first kappa shape index (κ1) is 12.1. The van der Waals surface area contributed by atoms with Crippen molar-refractivity contribution in [2.45, 2.75) is 6.61 Å². The fourth-order valence-corrected chi connectivity index (χ4v) is 1.21. The lowest BCUT2D eigenvalue weighted by Crippen LogP contribution is -1.99. The summed E-state index contributed by atoms with van der Waals surface area (Å²) < 4.78 is 10.6. The summed E-state index contributed by atoms with van der Waals surface area (Å²) in [5, 5.41) is 0. The Morgan fingerprint density at radius 1 is 1.47 bits per heavy atom. The molecule has 1 rings (SSSR count). The quantitative estimate of drug-likeness (QED) is 0.591. The predicted octanol–water partition coefficient (Wildman–Crippen LogP) is 2.70. The third-order valence-electron chi connectivity index (χ3n) is 1.93. The highest BCUT2D eigenvalue weighted by Crippen LogP contribution is 2.13. The zero-order chi connectivity index (χ0) is 11.1. The number of methoxy groups -OCH3 is 1. The van der Waals surface area contributed by atoms with E-state index in [4.69, 9.17) is 9.47 Å². The second-order valence-corrected chi connectivity index (χ2v) is 3.57. The molecule has 2 nitrogen and oxygen atoms in total. The first-order valence-corrected chi connectivity index (χ1v) is 5.37. The molecule has 0 aromatic heterocycles. The number of ether oxygens (including phenoxy) is 2. The monoisotopic (exact) mass is 224 g/mol. The lowest BCUT2D eigenvalue weighted by atomic mass is 10.2. The molecule has 0 aliphatic carbocycles. The van der Waals surface area contributed by atoms with Crippen LogP contribution in [-0.2, 0) is 11.3 Å². The summed E-state index contributed by atoms with van der Waals surface area (Å²) in [6, 6.07) is 7.83. The third kappa shape index (κ3) is 4.40. The zero-order valence-electron chi connectivity index (χ0n) is 8.90. The molecule has 1 aromatic carbocycles. The number of rotatable bonds is 6. The fourth-order valence-electron chi connectivity index (χ4n) is 1.12. The standard InChI is InChI=1S/C12H16O2S/c1-10(9-15)7-14-8-11-4-3-5-12(6-11)13-2/h3-6,15H,1,7-9H2,2H3. The lowest BCUT2D eigenvalue weighted by Gasteiger charge is -2.06. The van der Waals surface area contributed by atoms with Crippen molar-refractivity contribution in [1.82, 2.24) is 0 Å². The van der Waals surface area contributed by atoms with E-state index in [-0.39, 0.29) is 0 Å². The van der Waals surface area contributed by atoms with Crippen LogP contribution in [0.3, 0.4) is 0 Å². The maximum Gasteiger partial charge on any atom is 0.119 e. The molecular weight excluding hydrogens is 208 g/mol. The molecule has 3 heteroatoms. The normalized spacial score (nSPS) is 10.0. The highest BCUT2D eigenvalue weighted by atomic mass is 32.1. The number of hydrogen-bond acceptors (Lipinski definition) is 3. The third-order valence-corrected chi connectivity index (χ3v) is 2.38. The Hall–Kier alpha value is -0.930. The van der Waals surface area contributed by atoms with Gasteiger partial charge in [-0.15, -0.1) is 0 Å². The van der Waals surface area contributed by atoms with Crippen LogP contribution in [0.4, 0.5) is 0 Å². The average molecular weight is 224 g/mol. The fraction of sp³-hybridized carbons (Fsp3) is 0.333. The molecule has 82 valence electrons. The number of benzene rings is 1. The van der Waals surface area contributed by atoms with Crippen molar-refractivity contribution < 1.29 is 9.47 Å². The molecule has 15 heavy (non-hydrogen) atoms. The Kier molecular flexibility index (Phi) is 5.29. The van der Waals surface area contributed by atoms with E-state index in [1.807, 2.05) is 24.3 Å². The van der Waals surface area contributed by atoms with Gasteiger partial charge in [-0.1, -0.05) is 18.7 Å². The van der Waals surface area contributed by atoms with Crippen LogP contribution in [0.25, 0.3) is 0 Å². The van der Waals surface area contributed by atoms with Gasteiger partial charge in [0.25, 0.3) is 0 Å². The highest BCUT2D eigenvalue weighted by Gasteiger charge is 1.97. The molecule has 0 fully saturated rings. The molecule has 0 atom stereocenters. The van der Waals surface area contributed by atoms with Crippen LogP contribution in [0.15, 0.2) is 36.4 Å². The molecule has 0 bridgehead atoms. The van der Waals surface area contributed by atoms with Gasteiger partial charge in [0.05, 0.1) is 20.3 Å². The SMILES string of the molecule is C=C(CS)COCc1cccc(OC)c1. The molecule has 0 aliphatic heterocycles. The topological polar surface area (TPSA) is 18.5 Å². The average Bonchev–Trinajstić information content (AvgIpc) is 2.29. The van der Waals surface area contributed by atoms with E-state index < -0.39 is 0 Å². The van der Waals surface area contributed by atoms with Crippen LogP contribution in [-0.4, -0.2) is 19.5 Å². The van der Waals surface area contributed by atoms with E-state index in [1.165, 1.54) is 0 Å². The van der Waals surface area contributed by atoms with E-state index in [1.54, 1.807) is 7.11 Å². The van der Waals surface area contributed by atoms with Gasteiger partial charge in [-0.05, 0) is 23.3 Å². The van der Waals surface area contributed by atoms with Gasteiger partial charge in [0.2, 0.25) is 0 Å². The summed E-state index contributed by atoms with van der Waals surface area (Å²) in [6.45, 7) is 4.94. The van der Waals surface area contributed by atoms with Crippen LogP contribution in [0.5, 0.6) is 5.75 Å². The van der Waals surface area contributed by atoms with E-state index in [0.717, 1.165) is 16.9 Å². The smallest absolute Gasteiger partial charge is 0.119 e. The Balaban J connectivity index is 2.40. The Bertz CT molecular complexity index is 323. The van der Waals surface area contributed by atoms with Gasteiger partial charge in [0, 0.05) is 5.75 Å². The summed E-state index contributed by atoms with van der Waals surface area (Å²) in [4.78, 5) is 0. The van der Waals surface area contributed by atoms with Crippen molar-refractivity contribution in [3.05, 3.63) is 42.0 Å². The van der Waals surface area contributed by atoms with Crippen LogP contribution in [0, 0.1) is 0 Å². The van der Waals surface area contributed by atoms with Crippen molar-refractivity contribution >= 4 is 12.6 Å². The Labute approximate surface area is 96.3 Å². The zero-order valence-corrected chi connectivity index (χ0v) is 9.80. The van der Waals surface area contributed by atoms with E-state index in [9.17, 15) is 0 Å². The van der Waals surface area contributed by atoms with Gasteiger partial charge < -0.3 is 9.47 Å². The van der Waals surface area contributed by atoms with Gasteiger partial charge in [-0.3, -0.25) is 0 Å². The Morgan fingerprint density at radius 2 is 2.27 bits per heavy atom. The summed E-state index contributed by atoms with van der Waals surface area (Å²) in [5.41, 5.74) is 2.09. The number of thiol groups is 1. The minimum Gasteiger partial charge on any atom is -0.497 e. The van der Waals surface area contributed by atoms with Crippen LogP contribution in [0.1, 0.15) is 5.56 Å². The summed E-state index contributed by atoms with van der Waals surface area (Å²) in [6.07, 6.45) is 0. The van der Waals surface area contributed by atoms with Crippen LogP contribution >= 0.6 is 12.6 Å². The van der Waals surface area contributed by atoms with Gasteiger partial charge in [-0.2, -0.15) is 12.6 Å². The second kappa shape index (κ2) is 6.53. The molecular formula is C12H16O2S. The molecule has 0 radical (unpaired) electrons. The minimum atomic E-state index is 0.556. The molecule has 1 aromatic rings.